The molecule has 4 nitrogen and oxygen atoms in total. The monoisotopic (exact) mass is 307 g/mol. The summed E-state index contributed by atoms with van der Waals surface area (Å²) in [5, 5.41) is 10.1. The number of aromatic nitrogens is 1. The molecule has 0 fully saturated rings. The molecule has 0 radical (unpaired) electrons. The van der Waals surface area contributed by atoms with Crippen molar-refractivity contribution < 1.29 is 4.74 Å². The number of hydrogen-bond donors (Lipinski definition) is 1. The van der Waals surface area contributed by atoms with Gasteiger partial charge in [-0.05, 0) is 18.2 Å². The van der Waals surface area contributed by atoms with Crippen molar-refractivity contribution in [3.05, 3.63) is 54.2 Å². The van der Waals surface area contributed by atoms with Crippen LogP contribution in [0.25, 0.3) is 10.9 Å². The molecule has 0 aliphatic heterocycles. The van der Waals surface area contributed by atoms with Gasteiger partial charge in [-0.25, -0.2) is 0 Å². The highest BCUT2D eigenvalue weighted by Gasteiger charge is 2.22. The molecule has 0 aliphatic rings. The van der Waals surface area contributed by atoms with Crippen molar-refractivity contribution in [1.29, 1.82) is 0 Å². The van der Waals surface area contributed by atoms with Crippen LogP contribution in [0.15, 0.2) is 58.8 Å². The molecule has 3 aromatic rings. The second-order valence-corrected chi connectivity index (χ2v) is 6.52. The Hall–Kier alpha value is -2.62. The molecule has 0 unspecified atom stereocenters. The van der Waals surface area contributed by atoms with E-state index in [2.05, 4.69) is 48.1 Å². The average molecular weight is 307 g/mol. The third-order valence-corrected chi connectivity index (χ3v) is 3.77. The van der Waals surface area contributed by atoms with Gasteiger partial charge in [-0.1, -0.05) is 51.1 Å². The Bertz CT molecular complexity index is 856. The Morgan fingerprint density at radius 2 is 1.61 bits per heavy atom. The van der Waals surface area contributed by atoms with Gasteiger partial charge in [-0.3, -0.25) is 0 Å². The van der Waals surface area contributed by atoms with Crippen LogP contribution in [0.1, 0.15) is 26.5 Å². The van der Waals surface area contributed by atoms with Gasteiger partial charge < -0.3 is 9.72 Å². The Morgan fingerprint density at radius 3 is 2.35 bits per heavy atom. The normalized spacial score (nSPS) is 12.2. The summed E-state index contributed by atoms with van der Waals surface area (Å²) in [4.78, 5) is 3.48. The van der Waals surface area contributed by atoms with E-state index >= 15 is 0 Å². The van der Waals surface area contributed by atoms with E-state index in [1.807, 2.05) is 36.4 Å². The number of azo groups is 1. The van der Waals surface area contributed by atoms with E-state index < -0.39 is 0 Å². The number of nitrogens with one attached hydrogen (secondary N) is 1. The summed E-state index contributed by atoms with van der Waals surface area (Å²) in [5.41, 5.74) is 3.72. The molecule has 4 heteroatoms. The minimum Gasteiger partial charge on any atom is -0.494 e. The van der Waals surface area contributed by atoms with E-state index in [1.54, 1.807) is 7.11 Å². The third-order valence-electron chi connectivity index (χ3n) is 3.77. The molecule has 1 heterocycles. The molecular formula is C19H21N3O. The SMILES string of the molecule is COc1ccccc1N=Nc1c(C(C)(C)C)[nH]c2ccccc12. The van der Waals surface area contributed by atoms with Crippen LogP contribution in [0, 0.1) is 0 Å². The predicted molar refractivity (Wildman–Crippen MR) is 94.2 cm³/mol. The van der Waals surface area contributed by atoms with E-state index in [1.165, 1.54) is 0 Å². The highest BCUT2D eigenvalue weighted by molar-refractivity contribution is 5.93. The average Bonchev–Trinajstić information content (AvgIpc) is 2.92. The first kappa shape index (κ1) is 15.3. The molecule has 0 aliphatic carbocycles. The fraction of sp³-hybridized carbons (Fsp3) is 0.263. The molecule has 118 valence electrons. The van der Waals surface area contributed by atoms with Gasteiger partial charge in [0.15, 0.2) is 0 Å². The van der Waals surface area contributed by atoms with Gasteiger partial charge in [-0.2, -0.15) is 0 Å². The highest BCUT2D eigenvalue weighted by Crippen LogP contribution is 2.39. The van der Waals surface area contributed by atoms with Crippen LogP contribution in [0.2, 0.25) is 0 Å². The summed E-state index contributed by atoms with van der Waals surface area (Å²) in [6.45, 7) is 6.50. The number of rotatable bonds is 3. The van der Waals surface area contributed by atoms with Crippen molar-refractivity contribution >= 4 is 22.3 Å². The Kier molecular flexibility index (Phi) is 3.90. The maximum atomic E-state index is 5.34. The van der Waals surface area contributed by atoms with Crippen LogP contribution in [-0.2, 0) is 5.41 Å². The van der Waals surface area contributed by atoms with Crippen LogP contribution >= 0.6 is 0 Å². The van der Waals surface area contributed by atoms with Crippen molar-refractivity contribution in [2.24, 2.45) is 10.2 Å². The van der Waals surface area contributed by atoms with E-state index in [9.17, 15) is 0 Å². The van der Waals surface area contributed by atoms with Crippen LogP contribution in [0.3, 0.4) is 0 Å². The van der Waals surface area contributed by atoms with Gasteiger partial charge in [0.05, 0.1) is 7.11 Å². The number of ether oxygens (including phenoxy) is 1. The first-order valence-corrected chi connectivity index (χ1v) is 7.66. The number of fused-ring (bicyclic) bond motifs is 1. The summed E-state index contributed by atoms with van der Waals surface area (Å²) < 4.78 is 5.34. The first-order chi connectivity index (χ1) is 11.0. The van der Waals surface area contributed by atoms with Gasteiger partial charge in [0.25, 0.3) is 0 Å². The fourth-order valence-corrected chi connectivity index (χ4v) is 2.59. The van der Waals surface area contributed by atoms with Crippen molar-refractivity contribution in [1.82, 2.24) is 4.98 Å². The summed E-state index contributed by atoms with van der Waals surface area (Å²) in [6.07, 6.45) is 0. The molecule has 0 spiro atoms. The molecule has 1 N–H and O–H groups in total. The molecular weight excluding hydrogens is 286 g/mol. The zero-order chi connectivity index (χ0) is 16.4. The summed E-state index contributed by atoms with van der Waals surface area (Å²) in [6, 6.07) is 15.8. The number of methoxy groups -OCH3 is 1. The number of nitrogens with zero attached hydrogens (tertiary/aromatic N) is 2. The van der Waals surface area contributed by atoms with Crippen molar-refractivity contribution in [3.8, 4) is 5.75 Å². The van der Waals surface area contributed by atoms with Crippen LogP contribution in [0.5, 0.6) is 5.75 Å². The van der Waals surface area contributed by atoms with E-state index in [0.29, 0.717) is 5.75 Å². The number of H-pyrrole nitrogens is 1. The minimum absolute atomic E-state index is 0.0475. The molecule has 0 bridgehead atoms. The molecule has 23 heavy (non-hydrogen) atoms. The van der Waals surface area contributed by atoms with Crippen molar-refractivity contribution in [2.45, 2.75) is 26.2 Å². The first-order valence-electron chi connectivity index (χ1n) is 7.66. The summed E-state index contributed by atoms with van der Waals surface area (Å²) in [5.74, 6) is 0.716. The van der Waals surface area contributed by atoms with E-state index in [-0.39, 0.29) is 5.41 Å². The lowest BCUT2D eigenvalue weighted by Crippen LogP contribution is -2.11. The second-order valence-electron chi connectivity index (χ2n) is 6.52. The standard InChI is InChI=1S/C19H21N3O/c1-19(2,3)18-17(13-9-5-6-10-14(13)20-18)22-21-15-11-7-8-12-16(15)23-4/h5-12,20H,1-4H3. The topological polar surface area (TPSA) is 49.7 Å². The zero-order valence-corrected chi connectivity index (χ0v) is 13.9. The number of aromatic amines is 1. The summed E-state index contributed by atoms with van der Waals surface area (Å²) >= 11 is 0. The summed E-state index contributed by atoms with van der Waals surface area (Å²) in [7, 11) is 1.64. The molecule has 0 amide bonds. The lowest BCUT2D eigenvalue weighted by molar-refractivity contribution is 0.416. The molecule has 1 aromatic heterocycles. The van der Waals surface area contributed by atoms with E-state index in [0.717, 1.165) is 28.0 Å². The van der Waals surface area contributed by atoms with Gasteiger partial charge in [0.2, 0.25) is 0 Å². The Labute approximate surface area is 136 Å². The predicted octanol–water partition coefficient (Wildman–Crippen LogP) is 5.89. The third kappa shape index (κ3) is 2.97. The van der Waals surface area contributed by atoms with Crippen molar-refractivity contribution in [3.63, 3.8) is 0 Å². The molecule has 2 aromatic carbocycles. The highest BCUT2D eigenvalue weighted by atomic mass is 16.5. The lowest BCUT2D eigenvalue weighted by atomic mass is 9.91. The van der Waals surface area contributed by atoms with Crippen molar-refractivity contribution in [2.75, 3.05) is 7.11 Å². The minimum atomic E-state index is -0.0475. The quantitative estimate of drug-likeness (QED) is 0.603. The number of hydrogen-bond acceptors (Lipinski definition) is 3. The van der Waals surface area contributed by atoms with E-state index in [4.69, 9.17) is 4.74 Å². The smallest absolute Gasteiger partial charge is 0.146 e. The zero-order valence-electron chi connectivity index (χ0n) is 13.9. The van der Waals surface area contributed by atoms with Crippen LogP contribution < -0.4 is 4.74 Å². The van der Waals surface area contributed by atoms with Crippen LogP contribution in [-0.4, -0.2) is 12.1 Å². The van der Waals surface area contributed by atoms with Gasteiger partial charge in [0.1, 0.15) is 17.1 Å². The largest absolute Gasteiger partial charge is 0.494 e. The second kappa shape index (κ2) is 5.88. The maximum Gasteiger partial charge on any atom is 0.146 e. The molecule has 0 atom stereocenters. The lowest BCUT2D eigenvalue weighted by Gasteiger charge is -2.17. The Balaban J connectivity index is 2.13. The molecule has 3 rings (SSSR count). The fourth-order valence-electron chi connectivity index (χ4n) is 2.59. The van der Waals surface area contributed by atoms with Crippen LogP contribution in [0.4, 0.5) is 11.4 Å². The van der Waals surface area contributed by atoms with Gasteiger partial charge in [0, 0.05) is 22.0 Å². The maximum absolute atomic E-state index is 5.34. The van der Waals surface area contributed by atoms with Gasteiger partial charge >= 0.3 is 0 Å². The number of para-hydroxylation sites is 2. The number of benzene rings is 2. The molecule has 0 saturated carbocycles. The van der Waals surface area contributed by atoms with Gasteiger partial charge in [-0.15, -0.1) is 10.2 Å². The Morgan fingerprint density at radius 1 is 0.913 bits per heavy atom. The molecule has 0 saturated heterocycles.